The Morgan fingerprint density at radius 3 is 2.71 bits per heavy atom. The van der Waals surface area contributed by atoms with Crippen LogP contribution < -0.4 is 16.4 Å². The van der Waals surface area contributed by atoms with E-state index >= 15 is 0 Å². The Morgan fingerprint density at radius 2 is 2.10 bits per heavy atom. The normalized spacial score (nSPS) is 13.5. The summed E-state index contributed by atoms with van der Waals surface area (Å²) in [6, 6.07) is 7.48. The SMILES string of the molecule is CCCCC(CC)CNC(=O)Nc1cccc(C(C)N)c1. The zero-order chi connectivity index (χ0) is 15.7. The fourth-order valence-electron chi connectivity index (χ4n) is 2.26. The van der Waals surface area contributed by atoms with Gasteiger partial charge in [-0.2, -0.15) is 0 Å². The maximum absolute atomic E-state index is 11.9. The molecular formula is C17H29N3O. The molecule has 2 unspecified atom stereocenters. The molecule has 4 nitrogen and oxygen atoms in total. The van der Waals surface area contributed by atoms with E-state index in [0.29, 0.717) is 5.92 Å². The second-order valence-electron chi connectivity index (χ2n) is 5.67. The lowest BCUT2D eigenvalue weighted by Crippen LogP contribution is -2.33. The molecule has 4 heteroatoms. The van der Waals surface area contributed by atoms with Gasteiger partial charge in [-0.25, -0.2) is 4.79 Å². The van der Waals surface area contributed by atoms with Crippen molar-refractivity contribution in [3.8, 4) is 0 Å². The van der Waals surface area contributed by atoms with Gasteiger partial charge in [0.2, 0.25) is 0 Å². The molecule has 0 heterocycles. The summed E-state index contributed by atoms with van der Waals surface area (Å²) in [5, 5.41) is 5.83. The third kappa shape index (κ3) is 6.63. The van der Waals surface area contributed by atoms with E-state index in [-0.39, 0.29) is 12.1 Å². The summed E-state index contributed by atoms with van der Waals surface area (Å²) in [5.74, 6) is 0.561. The average Bonchev–Trinajstić information content (AvgIpc) is 2.47. The van der Waals surface area contributed by atoms with Gasteiger partial charge in [0.15, 0.2) is 0 Å². The van der Waals surface area contributed by atoms with E-state index in [9.17, 15) is 4.79 Å². The van der Waals surface area contributed by atoms with Crippen molar-refractivity contribution in [1.29, 1.82) is 0 Å². The van der Waals surface area contributed by atoms with E-state index in [1.165, 1.54) is 19.3 Å². The van der Waals surface area contributed by atoms with E-state index in [1.54, 1.807) is 0 Å². The Balaban J connectivity index is 2.44. The Kier molecular flexibility index (Phi) is 7.83. The quantitative estimate of drug-likeness (QED) is 0.676. The lowest BCUT2D eigenvalue weighted by atomic mass is 9.99. The summed E-state index contributed by atoms with van der Waals surface area (Å²) >= 11 is 0. The number of rotatable bonds is 8. The lowest BCUT2D eigenvalue weighted by Gasteiger charge is -2.16. The fraction of sp³-hybridized carbons (Fsp3) is 0.588. The lowest BCUT2D eigenvalue weighted by molar-refractivity contribution is 0.249. The van der Waals surface area contributed by atoms with Crippen LogP contribution in [0, 0.1) is 5.92 Å². The molecule has 0 spiro atoms. The van der Waals surface area contributed by atoms with Gasteiger partial charge in [-0.3, -0.25) is 0 Å². The predicted molar refractivity (Wildman–Crippen MR) is 89.4 cm³/mol. The molecule has 0 aliphatic rings. The zero-order valence-corrected chi connectivity index (χ0v) is 13.5. The molecular weight excluding hydrogens is 262 g/mol. The maximum atomic E-state index is 11.9. The molecule has 1 aromatic carbocycles. The van der Waals surface area contributed by atoms with Crippen LogP contribution in [0.15, 0.2) is 24.3 Å². The van der Waals surface area contributed by atoms with E-state index < -0.39 is 0 Å². The first-order valence-electron chi connectivity index (χ1n) is 7.97. The van der Waals surface area contributed by atoms with Crippen LogP contribution >= 0.6 is 0 Å². The molecule has 2 atom stereocenters. The van der Waals surface area contributed by atoms with Crippen molar-refractivity contribution >= 4 is 11.7 Å². The largest absolute Gasteiger partial charge is 0.338 e. The van der Waals surface area contributed by atoms with Crippen LogP contribution in [0.1, 0.15) is 58.1 Å². The molecule has 1 aromatic rings. The van der Waals surface area contributed by atoms with Gasteiger partial charge in [-0.05, 0) is 37.0 Å². The number of nitrogens with two attached hydrogens (primary N) is 1. The molecule has 21 heavy (non-hydrogen) atoms. The number of hydrogen-bond acceptors (Lipinski definition) is 2. The molecule has 2 amide bonds. The van der Waals surface area contributed by atoms with Crippen molar-refractivity contribution in [2.45, 2.75) is 52.5 Å². The minimum atomic E-state index is -0.147. The Bertz CT molecular complexity index is 432. The molecule has 0 aliphatic carbocycles. The summed E-state index contributed by atoms with van der Waals surface area (Å²) in [4.78, 5) is 11.9. The molecule has 0 radical (unpaired) electrons. The van der Waals surface area contributed by atoms with Crippen molar-refractivity contribution in [2.75, 3.05) is 11.9 Å². The zero-order valence-electron chi connectivity index (χ0n) is 13.5. The van der Waals surface area contributed by atoms with Gasteiger partial charge in [-0.1, -0.05) is 45.2 Å². The summed E-state index contributed by atoms with van der Waals surface area (Å²) in [6.45, 7) is 7.03. The highest BCUT2D eigenvalue weighted by atomic mass is 16.2. The van der Waals surface area contributed by atoms with Crippen LogP contribution in [0.3, 0.4) is 0 Å². The summed E-state index contributed by atoms with van der Waals surface area (Å²) in [6.07, 6.45) is 4.69. The van der Waals surface area contributed by atoms with Crippen LogP contribution in [0.2, 0.25) is 0 Å². The van der Waals surface area contributed by atoms with E-state index in [1.807, 2.05) is 31.2 Å². The number of amides is 2. The highest BCUT2D eigenvalue weighted by Crippen LogP contribution is 2.15. The summed E-state index contributed by atoms with van der Waals surface area (Å²) in [5.41, 5.74) is 7.65. The highest BCUT2D eigenvalue weighted by molar-refractivity contribution is 5.89. The number of unbranched alkanes of at least 4 members (excludes halogenated alkanes) is 1. The van der Waals surface area contributed by atoms with Crippen molar-refractivity contribution in [3.63, 3.8) is 0 Å². The van der Waals surface area contributed by atoms with E-state index in [4.69, 9.17) is 5.73 Å². The predicted octanol–water partition coefficient (Wildman–Crippen LogP) is 4.04. The molecule has 4 N–H and O–H groups in total. The third-order valence-electron chi connectivity index (χ3n) is 3.76. The number of carbonyl (C=O) groups excluding carboxylic acids is 1. The fourth-order valence-corrected chi connectivity index (χ4v) is 2.26. The van der Waals surface area contributed by atoms with Crippen LogP contribution in [0.25, 0.3) is 0 Å². The van der Waals surface area contributed by atoms with E-state index in [2.05, 4.69) is 24.5 Å². The minimum Gasteiger partial charge on any atom is -0.338 e. The maximum Gasteiger partial charge on any atom is 0.319 e. The topological polar surface area (TPSA) is 67.2 Å². The summed E-state index contributed by atoms with van der Waals surface area (Å²) < 4.78 is 0. The Hall–Kier alpha value is -1.55. The monoisotopic (exact) mass is 291 g/mol. The molecule has 0 fully saturated rings. The smallest absolute Gasteiger partial charge is 0.319 e. The third-order valence-corrected chi connectivity index (χ3v) is 3.76. The van der Waals surface area contributed by atoms with E-state index in [0.717, 1.165) is 24.2 Å². The number of nitrogens with one attached hydrogen (secondary N) is 2. The molecule has 0 aromatic heterocycles. The second-order valence-corrected chi connectivity index (χ2v) is 5.67. The molecule has 1 rings (SSSR count). The van der Waals surface area contributed by atoms with Gasteiger partial charge < -0.3 is 16.4 Å². The first-order valence-corrected chi connectivity index (χ1v) is 7.97. The number of anilines is 1. The number of benzene rings is 1. The van der Waals surface area contributed by atoms with Gasteiger partial charge in [0.25, 0.3) is 0 Å². The summed E-state index contributed by atoms with van der Waals surface area (Å²) in [7, 11) is 0. The number of hydrogen-bond donors (Lipinski definition) is 3. The van der Waals surface area contributed by atoms with Crippen molar-refractivity contribution in [2.24, 2.45) is 11.7 Å². The van der Waals surface area contributed by atoms with Crippen LogP contribution in [0.4, 0.5) is 10.5 Å². The molecule has 0 aliphatic heterocycles. The molecule has 0 saturated heterocycles. The first-order chi connectivity index (χ1) is 10.1. The van der Waals surface area contributed by atoms with Crippen molar-refractivity contribution in [3.05, 3.63) is 29.8 Å². The van der Waals surface area contributed by atoms with Crippen LogP contribution in [-0.2, 0) is 0 Å². The van der Waals surface area contributed by atoms with Gasteiger partial charge in [0.1, 0.15) is 0 Å². The average molecular weight is 291 g/mol. The number of carbonyl (C=O) groups is 1. The van der Waals surface area contributed by atoms with Crippen molar-refractivity contribution < 1.29 is 4.79 Å². The minimum absolute atomic E-state index is 0.0340. The van der Waals surface area contributed by atoms with Crippen LogP contribution in [-0.4, -0.2) is 12.6 Å². The number of urea groups is 1. The van der Waals surface area contributed by atoms with Gasteiger partial charge in [-0.15, -0.1) is 0 Å². The first kappa shape index (κ1) is 17.5. The highest BCUT2D eigenvalue weighted by Gasteiger charge is 2.09. The molecule has 0 bridgehead atoms. The van der Waals surface area contributed by atoms with Crippen LogP contribution in [0.5, 0.6) is 0 Å². The Morgan fingerprint density at radius 1 is 1.33 bits per heavy atom. The molecule has 118 valence electrons. The Labute approximate surface area is 128 Å². The standard InChI is InChI=1S/C17H29N3O/c1-4-6-8-14(5-2)12-19-17(21)20-16-10-7-9-15(11-16)13(3)18/h7,9-11,13-14H,4-6,8,12,18H2,1-3H3,(H2,19,20,21). The van der Waals surface area contributed by atoms with Gasteiger partial charge >= 0.3 is 6.03 Å². The van der Waals surface area contributed by atoms with Gasteiger partial charge in [0, 0.05) is 18.3 Å². The van der Waals surface area contributed by atoms with Crippen molar-refractivity contribution in [1.82, 2.24) is 5.32 Å². The molecule has 0 saturated carbocycles. The van der Waals surface area contributed by atoms with Gasteiger partial charge in [0.05, 0.1) is 0 Å². The second kappa shape index (κ2) is 9.40.